The summed E-state index contributed by atoms with van der Waals surface area (Å²) in [5.74, 6) is 0.844. The molecule has 2 N–H and O–H groups in total. The molecule has 1 aliphatic carbocycles. The minimum absolute atomic E-state index is 0.0481. The van der Waals surface area contributed by atoms with Gasteiger partial charge in [0.25, 0.3) is 5.91 Å². The van der Waals surface area contributed by atoms with E-state index in [0.29, 0.717) is 18.3 Å². The summed E-state index contributed by atoms with van der Waals surface area (Å²) in [5.41, 5.74) is 4.74. The lowest BCUT2D eigenvalue weighted by Crippen LogP contribution is -2.40. The number of carbonyl (C=O) groups excluding carboxylic acids is 1. The van der Waals surface area contributed by atoms with Crippen molar-refractivity contribution in [2.45, 2.75) is 38.6 Å². The van der Waals surface area contributed by atoms with Gasteiger partial charge >= 0.3 is 0 Å². The average Bonchev–Trinajstić information content (AvgIpc) is 3.31. The standard InChI is InChI=1S/C20H26N4O2/c1-3-24-11-5-6-13(24)12-21-20(25)19-16-10-9-14-15(18(16)22-23-19)7-4-8-17(14)26-2/h4,7-8,13H,3,5-6,9-12H2,1-2H3,(H,21,25)(H,22,23)/t13-/m0/s1. The summed E-state index contributed by atoms with van der Waals surface area (Å²) in [6.45, 7) is 5.05. The maximum atomic E-state index is 12.7. The Hall–Kier alpha value is -2.34. The van der Waals surface area contributed by atoms with E-state index in [0.717, 1.165) is 54.9 Å². The van der Waals surface area contributed by atoms with E-state index in [4.69, 9.17) is 4.74 Å². The second-order valence-electron chi connectivity index (χ2n) is 7.05. The largest absolute Gasteiger partial charge is 0.496 e. The number of methoxy groups -OCH3 is 1. The molecule has 1 amide bonds. The Morgan fingerprint density at radius 1 is 1.38 bits per heavy atom. The Bertz CT molecular complexity index is 814. The molecular formula is C20H26N4O2. The van der Waals surface area contributed by atoms with Crippen molar-refractivity contribution >= 4 is 5.91 Å². The topological polar surface area (TPSA) is 70.2 Å². The van der Waals surface area contributed by atoms with E-state index >= 15 is 0 Å². The number of fused-ring (bicyclic) bond motifs is 3. The van der Waals surface area contributed by atoms with Gasteiger partial charge in [-0.25, -0.2) is 0 Å². The van der Waals surface area contributed by atoms with Gasteiger partial charge in [-0.15, -0.1) is 0 Å². The van der Waals surface area contributed by atoms with Crippen molar-refractivity contribution in [3.63, 3.8) is 0 Å². The van der Waals surface area contributed by atoms with Crippen LogP contribution >= 0.6 is 0 Å². The lowest BCUT2D eigenvalue weighted by molar-refractivity contribution is 0.0935. The number of H-pyrrole nitrogens is 1. The molecule has 4 rings (SSSR count). The van der Waals surface area contributed by atoms with Crippen LogP contribution in [-0.4, -0.2) is 53.8 Å². The highest BCUT2D eigenvalue weighted by Gasteiger charge is 2.28. The van der Waals surface area contributed by atoms with Gasteiger partial charge in [-0.3, -0.25) is 14.8 Å². The number of hydrogen-bond acceptors (Lipinski definition) is 4. The number of aromatic nitrogens is 2. The molecule has 0 bridgehead atoms. The van der Waals surface area contributed by atoms with Gasteiger partial charge in [-0.2, -0.15) is 5.10 Å². The summed E-state index contributed by atoms with van der Waals surface area (Å²) in [7, 11) is 1.69. The van der Waals surface area contributed by atoms with Crippen LogP contribution in [0, 0.1) is 0 Å². The Kier molecular flexibility index (Phi) is 4.68. The van der Waals surface area contributed by atoms with E-state index in [1.54, 1.807) is 7.11 Å². The van der Waals surface area contributed by atoms with Crippen molar-refractivity contribution in [2.75, 3.05) is 26.7 Å². The van der Waals surface area contributed by atoms with Crippen LogP contribution in [0.25, 0.3) is 11.3 Å². The molecule has 26 heavy (non-hydrogen) atoms. The molecule has 138 valence electrons. The number of likely N-dealkylation sites (tertiary alicyclic amines) is 1. The van der Waals surface area contributed by atoms with Gasteiger partial charge in [0.2, 0.25) is 0 Å². The molecule has 1 fully saturated rings. The first-order chi connectivity index (χ1) is 12.7. The van der Waals surface area contributed by atoms with Crippen molar-refractivity contribution in [1.29, 1.82) is 0 Å². The first kappa shape index (κ1) is 17.1. The molecule has 1 aliphatic heterocycles. The predicted molar refractivity (Wildman–Crippen MR) is 101 cm³/mol. The average molecular weight is 354 g/mol. The molecule has 0 unspecified atom stereocenters. The van der Waals surface area contributed by atoms with Crippen molar-refractivity contribution in [1.82, 2.24) is 20.4 Å². The first-order valence-corrected chi connectivity index (χ1v) is 9.48. The number of hydrogen-bond donors (Lipinski definition) is 2. The second kappa shape index (κ2) is 7.11. The summed E-state index contributed by atoms with van der Waals surface area (Å²) in [6.07, 6.45) is 4.03. The van der Waals surface area contributed by atoms with Crippen LogP contribution in [0.4, 0.5) is 0 Å². The highest BCUT2D eigenvalue weighted by atomic mass is 16.5. The Morgan fingerprint density at radius 2 is 2.23 bits per heavy atom. The van der Waals surface area contributed by atoms with Gasteiger partial charge in [-0.1, -0.05) is 19.1 Å². The van der Waals surface area contributed by atoms with Crippen LogP contribution in [0.15, 0.2) is 18.2 Å². The molecule has 2 aliphatic rings. The molecule has 6 heteroatoms. The normalized spacial score (nSPS) is 19.1. The molecule has 1 atom stereocenters. The van der Waals surface area contributed by atoms with Crippen LogP contribution in [0.1, 0.15) is 41.4 Å². The van der Waals surface area contributed by atoms with Crippen molar-refractivity contribution < 1.29 is 9.53 Å². The molecular weight excluding hydrogens is 328 g/mol. The third kappa shape index (κ3) is 2.88. The number of ether oxygens (including phenoxy) is 1. The van der Waals surface area contributed by atoms with Crippen LogP contribution in [0.2, 0.25) is 0 Å². The fraction of sp³-hybridized carbons (Fsp3) is 0.500. The Balaban J connectivity index is 1.53. The van der Waals surface area contributed by atoms with Gasteiger partial charge in [0.15, 0.2) is 0 Å². The van der Waals surface area contributed by atoms with Crippen molar-refractivity contribution in [3.8, 4) is 17.0 Å². The molecule has 2 heterocycles. The summed E-state index contributed by atoms with van der Waals surface area (Å²) < 4.78 is 5.48. The fourth-order valence-electron chi connectivity index (χ4n) is 4.35. The first-order valence-electron chi connectivity index (χ1n) is 9.48. The van der Waals surface area contributed by atoms with Crippen molar-refractivity contribution in [3.05, 3.63) is 35.0 Å². The Morgan fingerprint density at radius 3 is 3.04 bits per heavy atom. The van der Waals surface area contributed by atoms with Crippen LogP contribution < -0.4 is 10.1 Å². The fourth-order valence-corrected chi connectivity index (χ4v) is 4.35. The van der Waals surface area contributed by atoms with Gasteiger partial charge < -0.3 is 10.1 Å². The van der Waals surface area contributed by atoms with E-state index in [1.807, 2.05) is 12.1 Å². The summed E-state index contributed by atoms with van der Waals surface area (Å²) in [4.78, 5) is 15.2. The van der Waals surface area contributed by atoms with E-state index in [2.05, 4.69) is 33.4 Å². The number of rotatable bonds is 5. The monoisotopic (exact) mass is 354 g/mol. The van der Waals surface area contributed by atoms with Crippen LogP contribution in [-0.2, 0) is 12.8 Å². The molecule has 6 nitrogen and oxygen atoms in total. The van der Waals surface area contributed by atoms with Gasteiger partial charge in [0, 0.05) is 29.3 Å². The number of nitrogens with zero attached hydrogens (tertiary/aromatic N) is 2. The zero-order valence-corrected chi connectivity index (χ0v) is 15.5. The minimum atomic E-state index is -0.0481. The molecule has 2 aromatic rings. The quantitative estimate of drug-likeness (QED) is 0.865. The van der Waals surface area contributed by atoms with Gasteiger partial charge in [0.1, 0.15) is 11.4 Å². The van der Waals surface area contributed by atoms with Crippen LogP contribution in [0.3, 0.4) is 0 Å². The predicted octanol–water partition coefficient (Wildman–Crippen LogP) is 2.40. The zero-order chi connectivity index (χ0) is 18.1. The van der Waals surface area contributed by atoms with E-state index in [9.17, 15) is 4.79 Å². The maximum Gasteiger partial charge on any atom is 0.269 e. The molecule has 1 aromatic heterocycles. The number of nitrogens with one attached hydrogen (secondary N) is 2. The molecule has 1 aromatic carbocycles. The number of likely N-dealkylation sites (N-methyl/N-ethyl adjacent to an activating group) is 1. The van der Waals surface area contributed by atoms with Gasteiger partial charge in [-0.05, 0) is 44.8 Å². The summed E-state index contributed by atoms with van der Waals surface area (Å²) in [6, 6.07) is 6.45. The number of amides is 1. The highest BCUT2D eigenvalue weighted by molar-refractivity contribution is 5.96. The lowest BCUT2D eigenvalue weighted by atomic mass is 9.88. The maximum absolute atomic E-state index is 12.7. The van der Waals surface area contributed by atoms with Crippen LogP contribution in [0.5, 0.6) is 5.75 Å². The Labute approximate surface area is 153 Å². The van der Waals surface area contributed by atoms with E-state index < -0.39 is 0 Å². The molecule has 0 spiro atoms. The van der Waals surface area contributed by atoms with E-state index in [-0.39, 0.29) is 5.91 Å². The zero-order valence-electron chi connectivity index (χ0n) is 15.5. The smallest absolute Gasteiger partial charge is 0.269 e. The number of aromatic amines is 1. The third-order valence-electron chi connectivity index (χ3n) is 5.73. The number of carbonyl (C=O) groups is 1. The second-order valence-corrected chi connectivity index (χ2v) is 7.05. The third-order valence-corrected chi connectivity index (χ3v) is 5.73. The highest BCUT2D eigenvalue weighted by Crippen LogP contribution is 2.37. The van der Waals surface area contributed by atoms with Crippen molar-refractivity contribution in [2.24, 2.45) is 0 Å². The summed E-state index contributed by atoms with van der Waals surface area (Å²) >= 11 is 0. The SMILES string of the molecule is CCN1CCC[C@H]1CNC(=O)c1[nH]nc2c1CCc1c(OC)cccc1-2. The lowest BCUT2D eigenvalue weighted by Gasteiger charge is -2.23. The van der Waals surface area contributed by atoms with E-state index in [1.165, 1.54) is 12.0 Å². The molecule has 0 radical (unpaired) electrons. The molecule has 1 saturated heterocycles. The minimum Gasteiger partial charge on any atom is -0.496 e. The summed E-state index contributed by atoms with van der Waals surface area (Å²) in [5, 5.41) is 10.5. The molecule has 0 saturated carbocycles. The van der Waals surface area contributed by atoms with Gasteiger partial charge in [0.05, 0.1) is 12.8 Å². The number of benzene rings is 1.